The molecule has 2 nitrogen and oxygen atoms in total. The molecule has 0 atom stereocenters. The zero-order chi connectivity index (χ0) is 7.40. The summed E-state index contributed by atoms with van der Waals surface area (Å²) in [5.41, 5.74) is 0.588. The van der Waals surface area contributed by atoms with Crippen molar-refractivity contribution in [2.24, 2.45) is 0 Å². The van der Waals surface area contributed by atoms with Crippen LogP contribution in [0.15, 0.2) is 30.3 Å². The van der Waals surface area contributed by atoms with Crippen LogP contribution < -0.4 is 0 Å². The lowest BCUT2D eigenvalue weighted by Gasteiger charge is -1.95. The van der Waals surface area contributed by atoms with E-state index in [0.717, 1.165) is 0 Å². The van der Waals surface area contributed by atoms with Gasteiger partial charge in [-0.25, -0.2) is 4.79 Å². The fourth-order valence-electron chi connectivity index (χ4n) is 0.692. The van der Waals surface area contributed by atoms with Crippen molar-refractivity contribution in [2.45, 2.75) is 0 Å². The molecule has 0 N–H and O–H groups in total. The van der Waals surface area contributed by atoms with E-state index in [4.69, 9.17) is 0 Å². The monoisotopic (exact) mass is 172 g/mol. The maximum absolute atomic E-state index is 10.8. The summed E-state index contributed by atoms with van der Waals surface area (Å²) in [5.74, 6) is -0.291. The molecule has 0 aromatic heterocycles. The van der Waals surface area contributed by atoms with Crippen LogP contribution >= 0.6 is 12.4 Å². The highest BCUT2D eigenvalue weighted by Crippen LogP contribution is 1.98. The topological polar surface area (TPSA) is 26.3 Å². The van der Waals surface area contributed by atoms with Gasteiger partial charge in [-0.2, -0.15) is 0 Å². The summed E-state index contributed by atoms with van der Waals surface area (Å²) < 4.78 is 4.50. The third-order valence-corrected chi connectivity index (χ3v) is 1.19. The maximum atomic E-state index is 10.8. The van der Waals surface area contributed by atoms with Crippen LogP contribution in [0.3, 0.4) is 0 Å². The lowest BCUT2D eigenvalue weighted by atomic mass is 10.2. The number of halogens is 1. The van der Waals surface area contributed by atoms with Crippen LogP contribution in [0.5, 0.6) is 0 Å². The molecular weight excluding hydrogens is 164 g/mol. The molecule has 1 aromatic carbocycles. The van der Waals surface area contributed by atoms with Gasteiger partial charge in [0.05, 0.1) is 12.7 Å². The van der Waals surface area contributed by atoms with Crippen LogP contribution in [0.25, 0.3) is 0 Å². The van der Waals surface area contributed by atoms with E-state index in [9.17, 15) is 4.79 Å². The Balaban J connectivity index is 0.000001000. The first-order valence-electron chi connectivity index (χ1n) is 2.98. The van der Waals surface area contributed by atoms with Gasteiger partial charge < -0.3 is 4.74 Å². The zero-order valence-electron chi connectivity index (χ0n) is 6.11. The molecule has 0 bridgehead atoms. The van der Waals surface area contributed by atoms with Gasteiger partial charge in [0.15, 0.2) is 0 Å². The van der Waals surface area contributed by atoms with Crippen molar-refractivity contribution in [1.82, 2.24) is 0 Å². The molecule has 1 aromatic rings. The van der Waals surface area contributed by atoms with E-state index in [0.29, 0.717) is 5.56 Å². The number of rotatable bonds is 1. The Hall–Kier alpha value is -1.02. The first-order valence-corrected chi connectivity index (χ1v) is 2.98. The van der Waals surface area contributed by atoms with Gasteiger partial charge in [-0.05, 0) is 12.1 Å². The Bertz CT molecular complexity index is 221. The van der Waals surface area contributed by atoms with E-state index < -0.39 is 0 Å². The van der Waals surface area contributed by atoms with Gasteiger partial charge in [0.1, 0.15) is 0 Å². The van der Waals surface area contributed by atoms with E-state index in [-0.39, 0.29) is 18.4 Å². The maximum Gasteiger partial charge on any atom is 0.337 e. The number of benzene rings is 1. The fraction of sp³-hybridized carbons (Fsp3) is 0.125. The standard InChI is InChI=1S/C8H8O2.ClH/c1-10-8(9)7-5-3-2-4-6-7;/h2-6H,1H3;1H. The van der Waals surface area contributed by atoms with E-state index in [1.807, 2.05) is 6.07 Å². The summed E-state index contributed by atoms with van der Waals surface area (Å²) in [6, 6.07) is 8.88. The first kappa shape index (κ1) is 9.98. The second kappa shape index (κ2) is 4.74. The predicted molar refractivity (Wildman–Crippen MR) is 45.0 cm³/mol. The van der Waals surface area contributed by atoms with Crippen LogP contribution in [0, 0.1) is 0 Å². The molecule has 11 heavy (non-hydrogen) atoms. The molecule has 0 aliphatic heterocycles. The first-order chi connectivity index (χ1) is 4.84. The molecule has 0 saturated carbocycles. The third-order valence-electron chi connectivity index (χ3n) is 1.19. The van der Waals surface area contributed by atoms with Gasteiger partial charge in [-0.1, -0.05) is 18.2 Å². The van der Waals surface area contributed by atoms with Gasteiger partial charge in [-0.3, -0.25) is 0 Å². The number of methoxy groups -OCH3 is 1. The molecule has 0 fully saturated rings. The predicted octanol–water partition coefficient (Wildman–Crippen LogP) is 1.90. The molecule has 3 heteroatoms. The van der Waals surface area contributed by atoms with Crippen molar-refractivity contribution in [2.75, 3.05) is 7.11 Å². The average Bonchev–Trinajstić information content (AvgIpc) is 2.05. The fourth-order valence-corrected chi connectivity index (χ4v) is 0.692. The largest absolute Gasteiger partial charge is 0.465 e. The Morgan fingerprint density at radius 3 is 2.27 bits per heavy atom. The van der Waals surface area contributed by atoms with Gasteiger partial charge in [0.2, 0.25) is 0 Å². The molecule has 0 heterocycles. The summed E-state index contributed by atoms with van der Waals surface area (Å²) in [7, 11) is 1.37. The highest BCUT2D eigenvalue weighted by atomic mass is 35.5. The number of esters is 1. The smallest absolute Gasteiger partial charge is 0.337 e. The van der Waals surface area contributed by atoms with Crippen molar-refractivity contribution < 1.29 is 9.53 Å². The minimum Gasteiger partial charge on any atom is -0.465 e. The molecule has 60 valence electrons. The molecule has 0 unspecified atom stereocenters. The number of carbonyl (C=O) groups excluding carboxylic acids is 1. The third kappa shape index (κ3) is 2.60. The Morgan fingerprint density at radius 1 is 1.27 bits per heavy atom. The van der Waals surface area contributed by atoms with Gasteiger partial charge >= 0.3 is 5.97 Å². The average molecular weight is 173 g/mol. The van der Waals surface area contributed by atoms with E-state index in [2.05, 4.69) is 4.74 Å². The van der Waals surface area contributed by atoms with E-state index >= 15 is 0 Å². The second-order valence-corrected chi connectivity index (χ2v) is 1.86. The summed E-state index contributed by atoms with van der Waals surface area (Å²) in [4.78, 5) is 10.8. The number of hydrogen-bond donors (Lipinski definition) is 0. The molecule has 0 saturated heterocycles. The van der Waals surface area contributed by atoms with E-state index in [1.165, 1.54) is 7.11 Å². The van der Waals surface area contributed by atoms with E-state index in [1.54, 1.807) is 24.3 Å². The molecule has 0 aliphatic rings. The van der Waals surface area contributed by atoms with Crippen molar-refractivity contribution in [3.05, 3.63) is 35.9 Å². The summed E-state index contributed by atoms with van der Waals surface area (Å²) in [6.07, 6.45) is 0. The van der Waals surface area contributed by atoms with Crippen LogP contribution in [0.1, 0.15) is 10.4 Å². The Kier molecular flexibility index (Phi) is 4.30. The van der Waals surface area contributed by atoms with Crippen LogP contribution in [-0.2, 0) is 4.74 Å². The van der Waals surface area contributed by atoms with Gasteiger partial charge in [-0.15, -0.1) is 12.4 Å². The lowest BCUT2D eigenvalue weighted by Crippen LogP contribution is -1.99. The number of carbonyl (C=O) groups is 1. The highest BCUT2D eigenvalue weighted by molar-refractivity contribution is 5.89. The lowest BCUT2D eigenvalue weighted by molar-refractivity contribution is 0.0601. The quantitative estimate of drug-likeness (QED) is 0.605. The minimum absolute atomic E-state index is 0. The van der Waals surface area contributed by atoms with Crippen molar-refractivity contribution >= 4 is 18.4 Å². The molecule has 0 amide bonds. The molecule has 0 radical (unpaired) electrons. The van der Waals surface area contributed by atoms with Gasteiger partial charge in [0, 0.05) is 0 Å². The summed E-state index contributed by atoms with van der Waals surface area (Å²) in [6.45, 7) is 0. The van der Waals surface area contributed by atoms with Gasteiger partial charge in [0.25, 0.3) is 0 Å². The molecule has 0 spiro atoms. The SMILES string of the molecule is COC(=O)c1ccccc1.Cl. The summed E-state index contributed by atoms with van der Waals surface area (Å²) >= 11 is 0. The van der Waals surface area contributed by atoms with Crippen LogP contribution in [-0.4, -0.2) is 13.1 Å². The van der Waals surface area contributed by atoms with Crippen molar-refractivity contribution in [3.8, 4) is 0 Å². The molecule has 0 aliphatic carbocycles. The molecular formula is C8H9ClO2. The Labute approximate surface area is 71.6 Å². The highest BCUT2D eigenvalue weighted by Gasteiger charge is 2.00. The normalized spacial score (nSPS) is 8.09. The minimum atomic E-state index is -0.291. The zero-order valence-corrected chi connectivity index (χ0v) is 6.93. The van der Waals surface area contributed by atoms with Crippen LogP contribution in [0.2, 0.25) is 0 Å². The second-order valence-electron chi connectivity index (χ2n) is 1.86. The number of ether oxygens (including phenoxy) is 1. The Morgan fingerprint density at radius 2 is 1.82 bits per heavy atom. The van der Waals surface area contributed by atoms with Crippen molar-refractivity contribution in [3.63, 3.8) is 0 Å². The van der Waals surface area contributed by atoms with Crippen molar-refractivity contribution in [1.29, 1.82) is 0 Å². The summed E-state index contributed by atoms with van der Waals surface area (Å²) in [5, 5.41) is 0. The van der Waals surface area contributed by atoms with Crippen LogP contribution in [0.4, 0.5) is 0 Å². The number of hydrogen-bond acceptors (Lipinski definition) is 2. The molecule has 1 rings (SSSR count).